The summed E-state index contributed by atoms with van der Waals surface area (Å²) < 4.78 is 5.32. The molecule has 0 spiro atoms. The van der Waals surface area contributed by atoms with E-state index in [-0.39, 0.29) is 5.54 Å². The van der Waals surface area contributed by atoms with Crippen molar-refractivity contribution in [2.24, 2.45) is 5.92 Å². The van der Waals surface area contributed by atoms with Gasteiger partial charge in [0.15, 0.2) is 0 Å². The van der Waals surface area contributed by atoms with Crippen LogP contribution in [0, 0.1) is 5.92 Å². The minimum Gasteiger partial charge on any atom is -0.377 e. The molecule has 0 aliphatic carbocycles. The normalized spacial score (nSPS) is 18.5. The second-order valence-electron chi connectivity index (χ2n) is 5.12. The van der Waals surface area contributed by atoms with Gasteiger partial charge in [-0.15, -0.1) is 0 Å². The van der Waals surface area contributed by atoms with Crippen molar-refractivity contribution >= 4 is 0 Å². The van der Waals surface area contributed by atoms with Crippen LogP contribution >= 0.6 is 0 Å². The summed E-state index contributed by atoms with van der Waals surface area (Å²) in [6.07, 6.45) is 1.16. The molecule has 0 atom stereocenters. The maximum absolute atomic E-state index is 5.32. The Morgan fingerprint density at radius 1 is 1.25 bits per heavy atom. The molecule has 2 nitrogen and oxygen atoms in total. The van der Waals surface area contributed by atoms with E-state index >= 15 is 0 Å². The average Bonchev–Trinajstić information content (AvgIpc) is 2.19. The molecule has 1 heterocycles. The minimum atomic E-state index is 0.0658. The lowest BCUT2D eigenvalue weighted by molar-refractivity contribution is -0.0747. The second-order valence-corrected chi connectivity index (χ2v) is 5.12. The van der Waals surface area contributed by atoms with Gasteiger partial charge in [0.2, 0.25) is 0 Å². The van der Waals surface area contributed by atoms with Gasteiger partial charge in [-0.1, -0.05) is 38.1 Å². The first-order chi connectivity index (χ1) is 7.66. The Kier molecular flexibility index (Phi) is 3.31. The molecule has 1 N–H and O–H groups in total. The van der Waals surface area contributed by atoms with E-state index in [4.69, 9.17) is 4.74 Å². The highest BCUT2D eigenvalue weighted by Crippen LogP contribution is 2.29. The van der Waals surface area contributed by atoms with Crippen LogP contribution in [-0.2, 0) is 16.7 Å². The fraction of sp³-hybridized carbons (Fsp3) is 0.571. The summed E-state index contributed by atoms with van der Waals surface area (Å²) in [5.74, 6) is 0.719. The highest BCUT2D eigenvalue weighted by atomic mass is 16.5. The van der Waals surface area contributed by atoms with Crippen LogP contribution in [0.2, 0.25) is 0 Å². The Labute approximate surface area is 98.0 Å². The molecule has 0 bridgehead atoms. The zero-order valence-electron chi connectivity index (χ0n) is 10.4. The Balaban J connectivity index is 2.12. The third-order valence-electron chi connectivity index (χ3n) is 3.33. The van der Waals surface area contributed by atoms with Gasteiger partial charge in [-0.2, -0.15) is 0 Å². The maximum atomic E-state index is 5.32. The van der Waals surface area contributed by atoms with Crippen LogP contribution in [0.1, 0.15) is 25.0 Å². The topological polar surface area (TPSA) is 21.3 Å². The van der Waals surface area contributed by atoms with Crippen molar-refractivity contribution < 1.29 is 4.74 Å². The van der Waals surface area contributed by atoms with Crippen LogP contribution in [0.3, 0.4) is 0 Å². The van der Waals surface area contributed by atoms with Gasteiger partial charge in [-0.05, 0) is 30.5 Å². The summed E-state index contributed by atoms with van der Waals surface area (Å²) in [6.45, 7) is 6.07. The quantitative estimate of drug-likeness (QED) is 0.839. The van der Waals surface area contributed by atoms with Crippen LogP contribution in [0.15, 0.2) is 24.3 Å². The zero-order chi connectivity index (χ0) is 11.6. The zero-order valence-corrected chi connectivity index (χ0v) is 10.4. The van der Waals surface area contributed by atoms with Crippen molar-refractivity contribution in [1.82, 2.24) is 5.32 Å². The molecule has 1 aliphatic rings. The number of hydrogen-bond acceptors (Lipinski definition) is 2. The van der Waals surface area contributed by atoms with Gasteiger partial charge in [0.05, 0.1) is 18.8 Å². The Hall–Kier alpha value is -0.860. The van der Waals surface area contributed by atoms with Crippen molar-refractivity contribution in [2.45, 2.75) is 25.8 Å². The molecule has 1 fully saturated rings. The van der Waals surface area contributed by atoms with E-state index < -0.39 is 0 Å². The predicted molar refractivity (Wildman–Crippen MR) is 66.5 cm³/mol. The molecule has 0 saturated carbocycles. The Morgan fingerprint density at radius 3 is 2.25 bits per heavy atom. The molecule has 1 aromatic carbocycles. The maximum Gasteiger partial charge on any atom is 0.0906 e. The molecule has 2 heteroatoms. The first-order valence-corrected chi connectivity index (χ1v) is 6.02. The van der Waals surface area contributed by atoms with Crippen molar-refractivity contribution in [2.75, 3.05) is 20.3 Å². The molecule has 1 aliphatic heterocycles. The predicted octanol–water partition coefficient (Wildman–Crippen LogP) is 2.33. The SMILES string of the molecule is CNC1(c2ccc(CC(C)C)cc2)COC1. The summed E-state index contributed by atoms with van der Waals surface area (Å²) in [4.78, 5) is 0. The lowest BCUT2D eigenvalue weighted by atomic mass is 9.87. The third kappa shape index (κ3) is 2.13. The number of ether oxygens (including phenoxy) is 1. The van der Waals surface area contributed by atoms with E-state index in [1.807, 2.05) is 7.05 Å². The van der Waals surface area contributed by atoms with Gasteiger partial charge in [0.1, 0.15) is 0 Å². The Morgan fingerprint density at radius 2 is 1.88 bits per heavy atom. The Bertz CT molecular complexity index is 333. The van der Waals surface area contributed by atoms with Crippen LogP contribution in [0.25, 0.3) is 0 Å². The molecule has 1 aromatic rings. The number of likely N-dealkylation sites (N-methyl/N-ethyl adjacent to an activating group) is 1. The molecule has 16 heavy (non-hydrogen) atoms. The number of hydrogen-bond donors (Lipinski definition) is 1. The number of rotatable bonds is 4. The first-order valence-electron chi connectivity index (χ1n) is 6.02. The molecule has 0 aromatic heterocycles. The molecular weight excluding hydrogens is 198 g/mol. The van der Waals surface area contributed by atoms with E-state index in [1.165, 1.54) is 11.1 Å². The summed E-state index contributed by atoms with van der Waals surface area (Å²) in [5.41, 5.74) is 2.83. The summed E-state index contributed by atoms with van der Waals surface area (Å²) in [5, 5.41) is 3.37. The van der Waals surface area contributed by atoms with Gasteiger partial charge < -0.3 is 10.1 Å². The summed E-state index contributed by atoms with van der Waals surface area (Å²) in [6, 6.07) is 8.95. The van der Waals surface area contributed by atoms with Gasteiger partial charge in [-0.25, -0.2) is 0 Å². The van der Waals surface area contributed by atoms with E-state index in [0.29, 0.717) is 0 Å². The number of nitrogens with one attached hydrogen (secondary N) is 1. The smallest absolute Gasteiger partial charge is 0.0906 e. The summed E-state index contributed by atoms with van der Waals surface area (Å²) in [7, 11) is 2.00. The lowest BCUT2D eigenvalue weighted by Crippen LogP contribution is -2.56. The fourth-order valence-electron chi connectivity index (χ4n) is 2.19. The van der Waals surface area contributed by atoms with Crippen LogP contribution < -0.4 is 5.32 Å². The third-order valence-corrected chi connectivity index (χ3v) is 3.33. The second kappa shape index (κ2) is 4.56. The van der Waals surface area contributed by atoms with Crippen molar-refractivity contribution in [3.8, 4) is 0 Å². The molecule has 2 rings (SSSR count). The van der Waals surface area contributed by atoms with Crippen molar-refractivity contribution in [1.29, 1.82) is 0 Å². The van der Waals surface area contributed by atoms with Crippen LogP contribution in [-0.4, -0.2) is 20.3 Å². The molecule has 0 unspecified atom stereocenters. The first kappa shape index (κ1) is 11.6. The lowest BCUT2D eigenvalue weighted by Gasteiger charge is -2.41. The van der Waals surface area contributed by atoms with Crippen molar-refractivity contribution in [3.63, 3.8) is 0 Å². The van der Waals surface area contributed by atoms with Gasteiger partial charge >= 0.3 is 0 Å². The van der Waals surface area contributed by atoms with Gasteiger partial charge in [0, 0.05) is 0 Å². The molecule has 88 valence electrons. The highest BCUT2D eigenvalue weighted by molar-refractivity contribution is 5.30. The van der Waals surface area contributed by atoms with Crippen LogP contribution in [0.5, 0.6) is 0 Å². The van der Waals surface area contributed by atoms with E-state index in [1.54, 1.807) is 0 Å². The van der Waals surface area contributed by atoms with Crippen molar-refractivity contribution in [3.05, 3.63) is 35.4 Å². The van der Waals surface area contributed by atoms with Gasteiger partial charge in [-0.3, -0.25) is 0 Å². The minimum absolute atomic E-state index is 0.0658. The highest BCUT2D eigenvalue weighted by Gasteiger charge is 2.38. The standard InChI is InChI=1S/C14H21NO/c1-11(2)8-12-4-6-13(7-5-12)14(15-3)9-16-10-14/h4-7,11,15H,8-10H2,1-3H3. The van der Waals surface area contributed by atoms with Crippen LogP contribution in [0.4, 0.5) is 0 Å². The molecule has 0 amide bonds. The largest absolute Gasteiger partial charge is 0.377 e. The molecule has 1 saturated heterocycles. The number of benzene rings is 1. The molecule has 0 radical (unpaired) electrons. The average molecular weight is 219 g/mol. The van der Waals surface area contributed by atoms with E-state index in [9.17, 15) is 0 Å². The monoisotopic (exact) mass is 219 g/mol. The van der Waals surface area contributed by atoms with Gasteiger partial charge in [0.25, 0.3) is 0 Å². The molecular formula is C14H21NO. The van der Waals surface area contributed by atoms with E-state index in [2.05, 4.69) is 43.4 Å². The fourth-order valence-corrected chi connectivity index (χ4v) is 2.19. The van der Waals surface area contributed by atoms with E-state index in [0.717, 1.165) is 25.6 Å². The summed E-state index contributed by atoms with van der Waals surface area (Å²) >= 11 is 0.